The van der Waals surface area contributed by atoms with Crippen molar-refractivity contribution in [2.45, 2.75) is 97.1 Å². The predicted molar refractivity (Wildman–Crippen MR) is 166 cm³/mol. The molecule has 0 fully saturated rings. The van der Waals surface area contributed by atoms with Gasteiger partial charge in [0.25, 0.3) is 0 Å². The maximum Gasteiger partial charge on any atom is 0.322 e. The van der Waals surface area contributed by atoms with Gasteiger partial charge in [0.2, 0.25) is 5.91 Å². The van der Waals surface area contributed by atoms with Gasteiger partial charge in [0.1, 0.15) is 16.1 Å². The molecule has 2 aromatic carbocycles. The van der Waals surface area contributed by atoms with Gasteiger partial charge in [-0.2, -0.15) is 0 Å². The number of hydrogen-bond donors (Lipinski definition) is 1. The van der Waals surface area contributed by atoms with Crippen LogP contribution in [0.5, 0.6) is 0 Å². The Labute approximate surface area is 244 Å². The lowest BCUT2D eigenvalue weighted by Gasteiger charge is -2.30. The Hall–Kier alpha value is -3.03. The van der Waals surface area contributed by atoms with Gasteiger partial charge < -0.3 is 14.5 Å². The summed E-state index contributed by atoms with van der Waals surface area (Å²) in [6.07, 6.45) is 2.30. The molecular formula is C33H46N2O4S. The number of ether oxygens (including phenoxy) is 1. The lowest BCUT2D eigenvalue weighted by molar-refractivity contribution is -0.157. The summed E-state index contributed by atoms with van der Waals surface area (Å²) in [5, 5.41) is 3.04. The zero-order chi connectivity index (χ0) is 29.9. The molecule has 0 spiro atoms. The Kier molecular flexibility index (Phi) is 12.5. The number of thioether (sulfide) groups is 1. The molecule has 0 radical (unpaired) electrons. The monoisotopic (exact) mass is 566 g/mol. The number of esters is 1. The number of hydrogen-bond acceptors (Lipinski definition) is 6. The third kappa shape index (κ3) is 10.5. The van der Waals surface area contributed by atoms with Gasteiger partial charge in [0.05, 0.1) is 19.4 Å². The second kappa shape index (κ2) is 15.1. The summed E-state index contributed by atoms with van der Waals surface area (Å²) >= 11 is 1.52. The molecule has 0 aliphatic carbocycles. The van der Waals surface area contributed by atoms with Crippen molar-refractivity contribution >= 4 is 29.3 Å². The quantitative estimate of drug-likeness (QED) is 0.186. The first-order chi connectivity index (χ1) is 18.9. The van der Waals surface area contributed by atoms with Gasteiger partial charge >= 0.3 is 5.97 Å². The molecule has 1 unspecified atom stereocenters. The molecule has 7 heteroatoms. The highest BCUT2D eigenvalue weighted by Crippen LogP contribution is 2.37. The second-order valence-corrected chi connectivity index (χ2v) is 12.5. The highest BCUT2D eigenvalue weighted by atomic mass is 32.2. The number of furan rings is 1. The molecule has 3 rings (SSSR count). The van der Waals surface area contributed by atoms with Crippen LogP contribution in [0.15, 0.2) is 70.2 Å². The number of nitrogens with one attached hydrogen (secondary N) is 1. The van der Waals surface area contributed by atoms with E-state index in [1.54, 1.807) is 6.26 Å². The molecular weight excluding hydrogens is 520 g/mol. The minimum atomic E-state index is -0.674. The highest BCUT2D eigenvalue weighted by Gasteiger charge is 2.36. The Bertz CT molecular complexity index is 1220. The van der Waals surface area contributed by atoms with Gasteiger partial charge in [-0.05, 0) is 89.4 Å². The molecule has 1 N–H and O–H groups in total. The zero-order valence-electron chi connectivity index (χ0n) is 25.6. The summed E-state index contributed by atoms with van der Waals surface area (Å²) in [5.74, 6) is 0.514. The third-order valence-corrected chi connectivity index (χ3v) is 7.57. The van der Waals surface area contributed by atoms with Gasteiger partial charge in [0, 0.05) is 17.1 Å². The maximum atomic E-state index is 13.0. The van der Waals surface area contributed by atoms with Crippen LogP contribution in [0, 0.1) is 13.8 Å². The van der Waals surface area contributed by atoms with Crippen LogP contribution in [0.4, 0.5) is 5.69 Å². The molecule has 0 aliphatic heterocycles. The van der Waals surface area contributed by atoms with E-state index in [4.69, 9.17) is 9.15 Å². The van der Waals surface area contributed by atoms with Crippen molar-refractivity contribution in [1.82, 2.24) is 4.90 Å². The summed E-state index contributed by atoms with van der Waals surface area (Å²) in [7, 11) is 0. The van der Waals surface area contributed by atoms with Crippen molar-refractivity contribution in [2.24, 2.45) is 0 Å². The average molecular weight is 567 g/mol. The third-order valence-electron chi connectivity index (χ3n) is 6.16. The lowest BCUT2D eigenvalue weighted by atomic mass is 10.1. The van der Waals surface area contributed by atoms with E-state index in [-0.39, 0.29) is 18.4 Å². The van der Waals surface area contributed by atoms with Crippen LogP contribution in [0.2, 0.25) is 0 Å². The van der Waals surface area contributed by atoms with E-state index >= 15 is 0 Å². The largest absolute Gasteiger partial charge is 0.468 e. The minimum Gasteiger partial charge on any atom is -0.468 e. The minimum absolute atomic E-state index is 0.0771. The van der Waals surface area contributed by atoms with Gasteiger partial charge in [-0.15, -0.1) is 11.8 Å². The van der Waals surface area contributed by atoms with Crippen LogP contribution in [0.3, 0.4) is 0 Å². The Morgan fingerprint density at radius 3 is 2.20 bits per heavy atom. The molecule has 1 aromatic heterocycles. The topological polar surface area (TPSA) is 71.8 Å². The number of amides is 1. The van der Waals surface area contributed by atoms with Gasteiger partial charge in [0.15, 0.2) is 0 Å². The normalized spacial score (nSPS) is 12.8. The van der Waals surface area contributed by atoms with Crippen molar-refractivity contribution < 1.29 is 18.7 Å². The highest BCUT2D eigenvalue weighted by molar-refractivity contribution is 8.01. The molecule has 0 aliphatic rings. The second-order valence-electron chi connectivity index (χ2n) is 10.9. The van der Waals surface area contributed by atoms with Crippen LogP contribution in [-0.2, 0) is 27.4 Å². The van der Waals surface area contributed by atoms with Crippen molar-refractivity contribution in [1.29, 1.82) is 0 Å². The first-order valence-electron chi connectivity index (χ1n) is 14.0. The molecule has 40 heavy (non-hydrogen) atoms. The molecule has 0 saturated heterocycles. The van der Waals surface area contributed by atoms with Crippen molar-refractivity contribution in [3.63, 3.8) is 0 Å². The van der Waals surface area contributed by atoms with Crippen LogP contribution < -0.4 is 5.32 Å². The molecule has 3 aromatic rings. The van der Waals surface area contributed by atoms with Crippen LogP contribution in [0.25, 0.3) is 0 Å². The van der Waals surface area contributed by atoms with Crippen LogP contribution >= 0.6 is 11.8 Å². The fourth-order valence-corrected chi connectivity index (χ4v) is 5.02. The van der Waals surface area contributed by atoms with E-state index in [0.29, 0.717) is 19.5 Å². The number of anilines is 1. The number of rotatable bonds is 11. The average Bonchev–Trinajstić information content (AvgIpc) is 3.40. The zero-order valence-corrected chi connectivity index (χ0v) is 26.4. The summed E-state index contributed by atoms with van der Waals surface area (Å²) in [5.41, 5.74) is 3.56. The standard InChI is InChI=1S/C31H40N2O4S.C2H6/c1-8-31(7,29(35)37-30(4,5)6)38-26-14-12-24(13-15-26)19-33(20-25-10-9-17-36-25)21-28(34)32-27-16-11-22(2)18-23(27)3;1-2/h9-18H,8,19-21H2,1-7H3,(H,32,34);1-2H3. The van der Waals surface area contributed by atoms with Crippen molar-refractivity contribution in [3.8, 4) is 0 Å². The van der Waals surface area contributed by atoms with E-state index in [1.165, 1.54) is 11.8 Å². The maximum absolute atomic E-state index is 13.0. The number of nitrogens with zero attached hydrogens (tertiary/aromatic N) is 1. The number of carbonyl (C=O) groups is 2. The number of aryl methyl sites for hydroxylation is 2. The summed E-state index contributed by atoms with van der Waals surface area (Å²) in [4.78, 5) is 28.9. The van der Waals surface area contributed by atoms with E-state index in [1.807, 2.05) is 111 Å². The number of benzene rings is 2. The molecule has 218 valence electrons. The van der Waals surface area contributed by atoms with E-state index < -0.39 is 10.3 Å². The van der Waals surface area contributed by atoms with E-state index in [2.05, 4.69) is 16.3 Å². The predicted octanol–water partition coefficient (Wildman–Crippen LogP) is 8.17. The van der Waals surface area contributed by atoms with Crippen molar-refractivity contribution in [3.05, 3.63) is 83.3 Å². The molecule has 0 bridgehead atoms. The van der Waals surface area contributed by atoms with E-state index in [9.17, 15) is 9.59 Å². The SMILES string of the molecule is CC.CCC(C)(Sc1ccc(CN(CC(=O)Nc2ccc(C)cc2C)Cc2ccco2)cc1)C(=O)OC(C)(C)C. The fourth-order valence-electron chi connectivity index (χ4n) is 3.96. The first kappa shape index (κ1) is 33.2. The number of carbonyl (C=O) groups excluding carboxylic acids is 2. The summed E-state index contributed by atoms with van der Waals surface area (Å²) in [6, 6.07) is 17.9. The smallest absolute Gasteiger partial charge is 0.322 e. The van der Waals surface area contributed by atoms with Crippen LogP contribution in [-0.4, -0.2) is 33.7 Å². The molecule has 6 nitrogen and oxygen atoms in total. The van der Waals surface area contributed by atoms with E-state index in [0.717, 1.165) is 33.0 Å². The Morgan fingerprint density at radius 2 is 1.65 bits per heavy atom. The van der Waals surface area contributed by atoms with Crippen molar-refractivity contribution in [2.75, 3.05) is 11.9 Å². The molecule has 1 heterocycles. The Morgan fingerprint density at radius 1 is 0.975 bits per heavy atom. The van der Waals surface area contributed by atoms with Gasteiger partial charge in [-0.1, -0.05) is 50.6 Å². The lowest BCUT2D eigenvalue weighted by Crippen LogP contribution is -2.38. The van der Waals surface area contributed by atoms with Gasteiger partial charge in [-0.3, -0.25) is 14.5 Å². The molecule has 0 saturated carbocycles. The molecule has 1 amide bonds. The summed E-state index contributed by atoms with van der Waals surface area (Å²) < 4.78 is 10.6. The molecule has 1 atom stereocenters. The van der Waals surface area contributed by atoms with Crippen LogP contribution in [0.1, 0.15) is 77.3 Å². The Balaban J connectivity index is 0.00000274. The first-order valence-corrected chi connectivity index (χ1v) is 14.8. The fraction of sp³-hybridized carbons (Fsp3) is 0.455. The summed E-state index contributed by atoms with van der Waals surface area (Å²) in [6.45, 7) is 18.9. The van der Waals surface area contributed by atoms with Gasteiger partial charge in [-0.25, -0.2) is 0 Å².